The third kappa shape index (κ3) is 4.10. The van der Waals surface area contributed by atoms with Gasteiger partial charge in [0.1, 0.15) is 0 Å². The fourth-order valence-electron chi connectivity index (χ4n) is 3.15. The summed E-state index contributed by atoms with van der Waals surface area (Å²) < 4.78 is 0. The number of carbonyl (C=O) groups excluding carboxylic acids is 1. The topological polar surface area (TPSA) is 48.5 Å². The lowest BCUT2D eigenvalue weighted by Crippen LogP contribution is -2.50. The number of piperazine rings is 1. The van der Waals surface area contributed by atoms with Gasteiger partial charge >= 0.3 is 6.03 Å². The number of nitrogens with zero attached hydrogens (tertiary/aromatic N) is 3. The maximum atomic E-state index is 12.5. The van der Waals surface area contributed by atoms with Gasteiger partial charge in [0, 0.05) is 49.9 Å². The first kappa shape index (κ1) is 17.3. The van der Waals surface area contributed by atoms with Crippen molar-refractivity contribution in [1.29, 1.82) is 0 Å². The molecular weight excluding hydrogens is 312 g/mol. The highest BCUT2D eigenvalue weighted by molar-refractivity contribution is 5.89. The molecule has 1 aliphatic heterocycles. The summed E-state index contributed by atoms with van der Waals surface area (Å²) in [6.45, 7) is 9.50. The highest BCUT2D eigenvalue weighted by Crippen LogP contribution is 2.21. The molecule has 1 aliphatic rings. The molecule has 1 N–H and O–H groups in total. The smallest absolute Gasteiger partial charge is 0.321 e. The van der Waals surface area contributed by atoms with Gasteiger partial charge < -0.3 is 15.1 Å². The number of amides is 2. The molecule has 2 heterocycles. The van der Waals surface area contributed by atoms with Crippen molar-refractivity contribution in [3.63, 3.8) is 0 Å². The predicted octanol–water partition coefficient (Wildman–Crippen LogP) is 3.87. The molecule has 25 heavy (non-hydrogen) atoms. The molecule has 0 atom stereocenters. The second-order valence-corrected chi connectivity index (χ2v) is 6.85. The number of nitrogens with one attached hydrogen (secondary N) is 1. The van der Waals surface area contributed by atoms with E-state index >= 15 is 0 Å². The van der Waals surface area contributed by atoms with Crippen LogP contribution in [0.1, 0.15) is 30.9 Å². The fraction of sp³-hybridized carbons (Fsp3) is 0.400. The quantitative estimate of drug-likeness (QED) is 0.924. The first-order valence-corrected chi connectivity index (χ1v) is 8.86. The van der Waals surface area contributed by atoms with Crippen LogP contribution in [0, 0.1) is 6.92 Å². The molecule has 3 rings (SSSR count). The minimum Gasteiger partial charge on any atom is -0.368 e. The van der Waals surface area contributed by atoms with E-state index in [0.717, 1.165) is 31.9 Å². The van der Waals surface area contributed by atoms with Crippen molar-refractivity contribution in [2.45, 2.75) is 26.7 Å². The van der Waals surface area contributed by atoms with E-state index in [1.807, 2.05) is 35.5 Å². The van der Waals surface area contributed by atoms with Crippen LogP contribution >= 0.6 is 0 Å². The van der Waals surface area contributed by atoms with E-state index in [-0.39, 0.29) is 6.03 Å². The number of hydrogen-bond acceptors (Lipinski definition) is 3. The molecule has 0 spiro atoms. The molecular formula is C20H26N4O. The Labute approximate surface area is 149 Å². The van der Waals surface area contributed by atoms with E-state index in [9.17, 15) is 4.79 Å². The molecule has 0 radical (unpaired) electrons. The Morgan fingerprint density at radius 3 is 2.60 bits per heavy atom. The highest BCUT2D eigenvalue weighted by atomic mass is 16.2. The molecule has 1 aromatic carbocycles. The van der Waals surface area contributed by atoms with E-state index in [1.54, 1.807) is 0 Å². The third-order valence-corrected chi connectivity index (χ3v) is 4.70. The Hall–Kier alpha value is -2.56. The first-order chi connectivity index (χ1) is 12.0. The van der Waals surface area contributed by atoms with Crippen LogP contribution in [0.4, 0.5) is 16.2 Å². The molecule has 2 aromatic rings. The number of aryl methyl sites for hydroxylation is 1. The number of anilines is 2. The lowest BCUT2D eigenvalue weighted by atomic mass is 10.0. The molecule has 0 bridgehead atoms. The first-order valence-electron chi connectivity index (χ1n) is 8.86. The van der Waals surface area contributed by atoms with Gasteiger partial charge in [-0.3, -0.25) is 4.98 Å². The van der Waals surface area contributed by atoms with E-state index in [2.05, 4.69) is 48.1 Å². The number of hydrogen-bond donors (Lipinski definition) is 1. The zero-order valence-electron chi connectivity index (χ0n) is 15.2. The lowest BCUT2D eigenvalue weighted by molar-refractivity contribution is 0.208. The van der Waals surface area contributed by atoms with Crippen LogP contribution in [0.3, 0.4) is 0 Å². The number of benzene rings is 1. The zero-order valence-corrected chi connectivity index (χ0v) is 15.2. The van der Waals surface area contributed by atoms with Gasteiger partial charge in [0.2, 0.25) is 0 Å². The van der Waals surface area contributed by atoms with Crippen LogP contribution in [0.2, 0.25) is 0 Å². The van der Waals surface area contributed by atoms with Crippen molar-refractivity contribution in [1.82, 2.24) is 9.88 Å². The Kier molecular flexibility index (Phi) is 5.22. The number of rotatable bonds is 3. The number of aromatic nitrogens is 1. The summed E-state index contributed by atoms with van der Waals surface area (Å²) in [5.74, 6) is 0.448. The summed E-state index contributed by atoms with van der Waals surface area (Å²) in [4.78, 5) is 20.9. The zero-order chi connectivity index (χ0) is 17.8. The van der Waals surface area contributed by atoms with E-state index in [1.165, 1.54) is 16.8 Å². The summed E-state index contributed by atoms with van der Waals surface area (Å²) in [7, 11) is 0. The Morgan fingerprint density at radius 1 is 1.16 bits per heavy atom. The monoisotopic (exact) mass is 338 g/mol. The molecule has 1 saturated heterocycles. The van der Waals surface area contributed by atoms with Gasteiger partial charge in [0.25, 0.3) is 0 Å². The van der Waals surface area contributed by atoms with Gasteiger partial charge in [-0.25, -0.2) is 4.79 Å². The van der Waals surface area contributed by atoms with Crippen molar-refractivity contribution in [2.75, 3.05) is 36.4 Å². The normalized spacial score (nSPS) is 14.7. The lowest BCUT2D eigenvalue weighted by Gasteiger charge is -2.36. The maximum absolute atomic E-state index is 12.5. The molecule has 5 heteroatoms. The molecule has 2 amide bonds. The second kappa shape index (κ2) is 7.55. The van der Waals surface area contributed by atoms with Crippen LogP contribution in [-0.2, 0) is 0 Å². The summed E-state index contributed by atoms with van der Waals surface area (Å²) in [6, 6.07) is 10.1. The van der Waals surface area contributed by atoms with E-state index < -0.39 is 0 Å². The average molecular weight is 338 g/mol. The van der Waals surface area contributed by atoms with Crippen LogP contribution in [-0.4, -0.2) is 42.1 Å². The standard InChI is InChI=1S/C20H26N4O/c1-15(2)17-5-4-6-18(13-17)22-20(25)24-11-9-23(10-12-24)19-7-8-21-14-16(19)3/h4-8,13-15H,9-12H2,1-3H3,(H,22,25). The van der Waals surface area contributed by atoms with Crippen molar-refractivity contribution >= 4 is 17.4 Å². The SMILES string of the molecule is Cc1cnccc1N1CCN(C(=O)Nc2cccc(C(C)C)c2)CC1. The molecule has 0 unspecified atom stereocenters. The van der Waals surface area contributed by atoms with Crippen molar-refractivity contribution in [3.05, 3.63) is 53.9 Å². The van der Waals surface area contributed by atoms with Gasteiger partial charge in [-0.05, 0) is 42.2 Å². The largest absolute Gasteiger partial charge is 0.368 e. The molecule has 1 fully saturated rings. The minimum absolute atomic E-state index is 0.0213. The van der Waals surface area contributed by atoms with Crippen LogP contribution in [0.15, 0.2) is 42.7 Å². The molecule has 5 nitrogen and oxygen atoms in total. The predicted molar refractivity (Wildman–Crippen MR) is 102 cm³/mol. The van der Waals surface area contributed by atoms with Gasteiger partial charge in [-0.1, -0.05) is 26.0 Å². The summed E-state index contributed by atoms with van der Waals surface area (Å²) in [6.07, 6.45) is 3.71. The van der Waals surface area contributed by atoms with Gasteiger partial charge in [-0.15, -0.1) is 0 Å². The fourth-order valence-corrected chi connectivity index (χ4v) is 3.15. The average Bonchev–Trinajstić information content (AvgIpc) is 2.62. The van der Waals surface area contributed by atoms with Crippen molar-refractivity contribution in [3.8, 4) is 0 Å². The van der Waals surface area contributed by atoms with Gasteiger partial charge in [0.15, 0.2) is 0 Å². The maximum Gasteiger partial charge on any atom is 0.321 e. The van der Waals surface area contributed by atoms with Crippen molar-refractivity contribution in [2.24, 2.45) is 0 Å². The number of urea groups is 1. The second-order valence-electron chi connectivity index (χ2n) is 6.85. The van der Waals surface area contributed by atoms with Crippen LogP contribution in [0.5, 0.6) is 0 Å². The molecule has 132 valence electrons. The molecule has 1 aromatic heterocycles. The van der Waals surface area contributed by atoms with E-state index in [0.29, 0.717) is 5.92 Å². The Balaban J connectivity index is 1.58. The van der Waals surface area contributed by atoms with Gasteiger partial charge in [-0.2, -0.15) is 0 Å². The molecule has 0 saturated carbocycles. The number of carbonyl (C=O) groups is 1. The minimum atomic E-state index is -0.0213. The summed E-state index contributed by atoms with van der Waals surface area (Å²) in [5, 5.41) is 3.03. The Bertz CT molecular complexity index is 736. The van der Waals surface area contributed by atoms with Gasteiger partial charge in [0.05, 0.1) is 0 Å². The summed E-state index contributed by atoms with van der Waals surface area (Å²) >= 11 is 0. The highest BCUT2D eigenvalue weighted by Gasteiger charge is 2.22. The van der Waals surface area contributed by atoms with Crippen LogP contribution in [0.25, 0.3) is 0 Å². The summed E-state index contributed by atoms with van der Waals surface area (Å²) in [5.41, 5.74) is 4.48. The Morgan fingerprint density at radius 2 is 1.92 bits per heavy atom. The number of pyridine rings is 1. The van der Waals surface area contributed by atoms with Crippen molar-refractivity contribution < 1.29 is 4.79 Å². The third-order valence-electron chi connectivity index (χ3n) is 4.70. The molecule has 0 aliphatic carbocycles. The van der Waals surface area contributed by atoms with Crippen LogP contribution < -0.4 is 10.2 Å². The van der Waals surface area contributed by atoms with E-state index in [4.69, 9.17) is 0 Å².